The van der Waals surface area contributed by atoms with Crippen LogP contribution in [-0.2, 0) is 4.79 Å². The van der Waals surface area contributed by atoms with Gasteiger partial charge in [0.1, 0.15) is 0 Å². The zero-order chi connectivity index (χ0) is 17.1. The number of carbonyl (C=O) groups excluding carboxylic acids is 1. The van der Waals surface area contributed by atoms with Gasteiger partial charge in [0.15, 0.2) is 0 Å². The Hall–Kier alpha value is -2.11. The Bertz CT molecular complexity index is 664. The number of allylic oxidation sites excluding steroid dienone is 3. The van der Waals surface area contributed by atoms with E-state index in [0.29, 0.717) is 0 Å². The maximum absolute atomic E-state index is 13.0. The minimum Gasteiger partial charge on any atom is -0.314 e. The van der Waals surface area contributed by atoms with Crippen molar-refractivity contribution in [3.05, 3.63) is 54.3 Å². The first-order chi connectivity index (χ1) is 12.3. The quantitative estimate of drug-likeness (QED) is 0.891. The molecule has 4 rings (SSSR count). The predicted octanol–water partition coefficient (Wildman–Crippen LogP) is 2.01. The van der Waals surface area contributed by atoms with Crippen molar-refractivity contribution in [2.75, 3.05) is 44.3 Å². The van der Waals surface area contributed by atoms with E-state index in [1.54, 1.807) is 0 Å². The van der Waals surface area contributed by atoms with Crippen molar-refractivity contribution < 1.29 is 4.79 Å². The monoisotopic (exact) mass is 338 g/mol. The lowest BCUT2D eigenvalue weighted by atomic mass is 9.97. The van der Waals surface area contributed by atoms with Gasteiger partial charge in [-0.3, -0.25) is 9.80 Å². The molecule has 5 nitrogen and oxygen atoms in total. The molecule has 2 heterocycles. The molecule has 2 aliphatic heterocycles. The number of benzene rings is 1. The Kier molecular flexibility index (Phi) is 4.85. The van der Waals surface area contributed by atoms with Gasteiger partial charge in [0.2, 0.25) is 0 Å². The summed E-state index contributed by atoms with van der Waals surface area (Å²) in [6.45, 7) is 6.17. The Morgan fingerprint density at radius 3 is 2.68 bits per heavy atom. The van der Waals surface area contributed by atoms with E-state index in [1.807, 2.05) is 23.2 Å². The lowest BCUT2D eigenvalue weighted by Crippen LogP contribution is -2.45. The second kappa shape index (κ2) is 7.42. The second-order valence-corrected chi connectivity index (χ2v) is 6.86. The number of rotatable bonds is 5. The van der Waals surface area contributed by atoms with Crippen molar-refractivity contribution in [2.45, 2.75) is 12.8 Å². The van der Waals surface area contributed by atoms with Crippen molar-refractivity contribution in [3.8, 4) is 0 Å². The molecule has 1 atom stereocenters. The van der Waals surface area contributed by atoms with Crippen LogP contribution in [0.3, 0.4) is 0 Å². The third-order valence-corrected chi connectivity index (χ3v) is 5.22. The van der Waals surface area contributed by atoms with Gasteiger partial charge in [0.05, 0.1) is 17.3 Å². The molecule has 0 spiro atoms. The molecule has 25 heavy (non-hydrogen) atoms. The maximum Gasteiger partial charge on any atom is 0.250 e. The van der Waals surface area contributed by atoms with E-state index < -0.39 is 0 Å². The number of para-hydroxylation sites is 1. The summed E-state index contributed by atoms with van der Waals surface area (Å²) in [5, 5.41) is 7.48. The van der Waals surface area contributed by atoms with E-state index in [0.717, 1.165) is 63.5 Å². The average Bonchev–Trinajstić information content (AvgIpc) is 2.96. The first-order valence-electron chi connectivity index (χ1n) is 9.31. The third-order valence-electron chi connectivity index (χ3n) is 5.22. The van der Waals surface area contributed by atoms with Gasteiger partial charge in [-0.05, 0) is 31.1 Å². The van der Waals surface area contributed by atoms with Crippen LogP contribution >= 0.6 is 0 Å². The molecule has 0 saturated carbocycles. The first kappa shape index (κ1) is 16.4. The van der Waals surface area contributed by atoms with E-state index in [2.05, 4.69) is 45.6 Å². The number of piperazine rings is 1. The van der Waals surface area contributed by atoms with Crippen molar-refractivity contribution in [2.24, 2.45) is 5.92 Å². The molecule has 0 radical (unpaired) electrons. The summed E-state index contributed by atoms with van der Waals surface area (Å²) >= 11 is 0. The molecular formula is C20H26N4O. The Labute approximate surface area is 149 Å². The Morgan fingerprint density at radius 2 is 1.88 bits per heavy atom. The molecule has 3 aliphatic rings. The number of hydrogen-bond acceptors (Lipinski definition) is 4. The van der Waals surface area contributed by atoms with Gasteiger partial charge in [-0.1, -0.05) is 30.4 Å². The van der Waals surface area contributed by atoms with Gasteiger partial charge in [-0.2, -0.15) is 0 Å². The highest BCUT2D eigenvalue weighted by molar-refractivity contribution is 5.89. The number of fused-ring (bicyclic) bond motifs is 1. The number of hydrogen-bond donors (Lipinski definition) is 1. The summed E-state index contributed by atoms with van der Waals surface area (Å²) in [5.74, 6) is 0.212. The van der Waals surface area contributed by atoms with Gasteiger partial charge < -0.3 is 10.2 Å². The average molecular weight is 338 g/mol. The summed E-state index contributed by atoms with van der Waals surface area (Å²) in [4.78, 5) is 15.5. The van der Waals surface area contributed by atoms with Gasteiger partial charge in [-0.15, -0.1) is 0 Å². The normalized spacial score (nSPS) is 23.8. The summed E-state index contributed by atoms with van der Waals surface area (Å²) in [6.07, 6.45) is 8.07. The molecule has 2 saturated heterocycles. The Morgan fingerprint density at radius 1 is 1.08 bits per heavy atom. The summed E-state index contributed by atoms with van der Waals surface area (Å²) in [6, 6.07) is 10.2. The molecule has 0 bridgehead atoms. The lowest BCUT2D eigenvalue weighted by molar-refractivity contribution is -0.131. The largest absolute Gasteiger partial charge is 0.314 e. The van der Waals surface area contributed by atoms with E-state index >= 15 is 0 Å². The fourth-order valence-corrected chi connectivity index (χ4v) is 3.93. The van der Waals surface area contributed by atoms with Crippen LogP contribution in [0.25, 0.3) is 0 Å². The molecule has 1 aromatic rings. The van der Waals surface area contributed by atoms with Crippen molar-refractivity contribution >= 4 is 11.6 Å². The van der Waals surface area contributed by atoms with Crippen LogP contribution < -0.4 is 10.3 Å². The van der Waals surface area contributed by atoms with Crippen LogP contribution in [0.2, 0.25) is 0 Å². The van der Waals surface area contributed by atoms with Gasteiger partial charge in [0, 0.05) is 39.3 Å². The highest BCUT2D eigenvalue weighted by Gasteiger charge is 2.42. The van der Waals surface area contributed by atoms with Crippen LogP contribution in [0.1, 0.15) is 12.8 Å². The van der Waals surface area contributed by atoms with E-state index in [4.69, 9.17) is 0 Å². The fourth-order valence-electron chi connectivity index (χ4n) is 3.93. The van der Waals surface area contributed by atoms with Gasteiger partial charge in [0.25, 0.3) is 5.91 Å². The molecular weight excluding hydrogens is 312 g/mol. The molecule has 1 aromatic carbocycles. The molecule has 132 valence electrons. The standard InChI is InChI=1S/C20H26N4O/c25-20-18-9-4-5-10-19(18)24(17-7-2-1-3-8-17)23(20)14-6-13-22-15-11-21-12-16-22/h1-5,7-8,10,18,21H,6,9,11-16H2. The SMILES string of the molecule is O=C1C2CC=CC=C2N(c2ccccc2)N1CCCN1CCNCC1. The minimum absolute atomic E-state index is 0.0237. The first-order valence-corrected chi connectivity index (χ1v) is 9.31. The zero-order valence-electron chi connectivity index (χ0n) is 14.6. The third kappa shape index (κ3) is 3.34. The number of anilines is 1. The smallest absolute Gasteiger partial charge is 0.250 e. The van der Waals surface area contributed by atoms with E-state index in [-0.39, 0.29) is 11.8 Å². The second-order valence-electron chi connectivity index (χ2n) is 6.86. The molecule has 1 aliphatic carbocycles. The minimum atomic E-state index is -0.0237. The lowest BCUT2D eigenvalue weighted by Gasteiger charge is -2.32. The van der Waals surface area contributed by atoms with Gasteiger partial charge >= 0.3 is 0 Å². The zero-order valence-corrected chi connectivity index (χ0v) is 14.6. The number of nitrogens with one attached hydrogen (secondary N) is 1. The van der Waals surface area contributed by atoms with E-state index in [1.165, 1.54) is 0 Å². The fraction of sp³-hybridized carbons (Fsp3) is 0.450. The van der Waals surface area contributed by atoms with Crippen LogP contribution in [0.15, 0.2) is 54.3 Å². The van der Waals surface area contributed by atoms with Crippen LogP contribution in [0.4, 0.5) is 5.69 Å². The van der Waals surface area contributed by atoms with Crippen LogP contribution in [-0.4, -0.2) is 55.1 Å². The number of amides is 1. The molecule has 5 heteroatoms. The molecule has 1 N–H and O–H groups in total. The molecule has 2 fully saturated rings. The number of hydrazine groups is 1. The van der Waals surface area contributed by atoms with Crippen molar-refractivity contribution in [3.63, 3.8) is 0 Å². The highest BCUT2D eigenvalue weighted by atomic mass is 16.2. The summed E-state index contributed by atoms with van der Waals surface area (Å²) < 4.78 is 0. The van der Waals surface area contributed by atoms with Gasteiger partial charge in [-0.25, -0.2) is 5.01 Å². The topological polar surface area (TPSA) is 38.8 Å². The molecule has 0 aromatic heterocycles. The number of nitrogens with zero attached hydrogens (tertiary/aromatic N) is 3. The maximum atomic E-state index is 13.0. The number of carbonyl (C=O) groups is 1. The predicted molar refractivity (Wildman–Crippen MR) is 99.9 cm³/mol. The summed E-state index contributed by atoms with van der Waals surface area (Å²) in [7, 11) is 0. The van der Waals surface area contributed by atoms with E-state index in [9.17, 15) is 4.79 Å². The summed E-state index contributed by atoms with van der Waals surface area (Å²) in [5.41, 5.74) is 2.18. The van der Waals surface area contributed by atoms with Crippen molar-refractivity contribution in [1.82, 2.24) is 15.2 Å². The molecule has 1 amide bonds. The van der Waals surface area contributed by atoms with Crippen molar-refractivity contribution in [1.29, 1.82) is 0 Å². The highest BCUT2D eigenvalue weighted by Crippen LogP contribution is 2.37. The van der Waals surface area contributed by atoms with Crippen LogP contribution in [0, 0.1) is 5.92 Å². The van der Waals surface area contributed by atoms with Crippen LogP contribution in [0.5, 0.6) is 0 Å². The Balaban J connectivity index is 1.49. The molecule has 1 unspecified atom stereocenters.